The lowest BCUT2D eigenvalue weighted by atomic mass is 10.2. The maximum atomic E-state index is 11.4. The maximum absolute atomic E-state index is 11.4. The minimum Gasteiger partial charge on any atom is -0.464 e. The molecular weight excluding hydrogens is 272 g/mol. The predicted molar refractivity (Wildman–Crippen MR) is 74.1 cm³/mol. The van der Waals surface area contributed by atoms with E-state index in [-0.39, 0.29) is 0 Å². The number of hydrogen-bond acceptors (Lipinski definition) is 5. The number of allylic oxidation sites excluding steroid dienone is 1. The second kappa shape index (κ2) is 5.06. The highest BCUT2D eigenvalue weighted by Gasteiger charge is 2.13. The number of hydrogen-bond donors (Lipinski definition) is 1. The number of aromatic amines is 1. The molecule has 0 unspecified atom stereocenters. The third kappa shape index (κ3) is 2.32. The smallest absolute Gasteiger partial charge is 0.354 e. The van der Waals surface area contributed by atoms with E-state index < -0.39 is 5.97 Å². The lowest BCUT2D eigenvalue weighted by molar-refractivity contribution is 0.0595. The van der Waals surface area contributed by atoms with Crippen LogP contribution in [0.1, 0.15) is 22.0 Å². The lowest BCUT2D eigenvalue weighted by Gasteiger charge is -1.93. The number of furan rings is 2. The van der Waals surface area contributed by atoms with E-state index >= 15 is 0 Å². The van der Waals surface area contributed by atoms with Gasteiger partial charge in [-0.2, -0.15) is 5.26 Å². The fourth-order valence-electron chi connectivity index (χ4n) is 1.97. The molecule has 0 aliphatic heterocycles. The van der Waals surface area contributed by atoms with Crippen molar-refractivity contribution >= 4 is 28.7 Å². The minimum atomic E-state index is -0.466. The Morgan fingerprint density at radius 3 is 2.95 bits per heavy atom. The molecule has 104 valence electrons. The van der Waals surface area contributed by atoms with Crippen LogP contribution in [0.3, 0.4) is 0 Å². The van der Waals surface area contributed by atoms with Crippen LogP contribution in [0.25, 0.3) is 22.7 Å². The molecule has 3 rings (SSSR count). The molecule has 6 heteroatoms. The van der Waals surface area contributed by atoms with E-state index in [1.165, 1.54) is 13.4 Å². The van der Waals surface area contributed by atoms with Gasteiger partial charge >= 0.3 is 5.97 Å². The van der Waals surface area contributed by atoms with Crippen molar-refractivity contribution in [1.29, 1.82) is 5.26 Å². The number of esters is 1. The van der Waals surface area contributed by atoms with Gasteiger partial charge in [0.1, 0.15) is 23.3 Å². The summed E-state index contributed by atoms with van der Waals surface area (Å²) < 4.78 is 15.4. The minimum absolute atomic E-state index is 0.313. The summed E-state index contributed by atoms with van der Waals surface area (Å²) in [5.74, 6) is 0.486. The monoisotopic (exact) mass is 282 g/mol. The van der Waals surface area contributed by atoms with Crippen LogP contribution < -0.4 is 0 Å². The number of ether oxygens (including phenoxy) is 1. The van der Waals surface area contributed by atoms with Crippen molar-refractivity contribution in [3.8, 4) is 6.07 Å². The van der Waals surface area contributed by atoms with Crippen molar-refractivity contribution < 1.29 is 18.4 Å². The van der Waals surface area contributed by atoms with Crippen molar-refractivity contribution in [3.05, 3.63) is 47.7 Å². The summed E-state index contributed by atoms with van der Waals surface area (Å²) >= 11 is 0. The van der Waals surface area contributed by atoms with Gasteiger partial charge in [-0.05, 0) is 12.1 Å². The molecule has 1 N–H and O–H groups in total. The topological polar surface area (TPSA) is 92.2 Å². The van der Waals surface area contributed by atoms with Gasteiger partial charge in [0.05, 0.1) is 24.5 Å². The van der Waals surface area contributed by atoms with E-state index in [0.717, 1.165) is 0 Å². The molecule has 3 aromatic rings. The maximum Gasteiger partial charge on any atom is 0.354 e. The second-order valence-electron chi connectivity index (χ2n) is 4.25. The highest BCUT2D eigenvalue weighted by atomic mass is 16.5. The molecule has 0 radical (unpaired) electrons. The van der Waals surface area contributed by atoms with Gasteiger partial charge in [0.2, 0.25) is 0 Å². The lowest BCUT2D eigenvalue weighted by Crippen LogP contribution is -2.00. The summed E-state index contributed by atoms with van der Waals surface area (Å²) in [5, 5.41) is 9.14. The zero-order valence-electron chi connectivity index (χ0n) is 11.0. The SMILES string of the molecule is COC(=O)c1cc2oc(/C=C(\C#N)c3ccco3)cc2[nH]1. The van der Waals surface area contributed by atoms with Crippen LogP contribution in [0.2, 0.25) is 0 Å². The molecule has 0 saturated carbocycles. The van der Waals surface area contributed by atoms with Crippen LogP contribution >= 0.6 is 0 Å². The fraction of sp³-hybridized carbons (Fsp3) is 0.0667. The Labute approximate surface area is 119 Å². The summed E-state index contributed by atoms with van der Waals surface area (Å²) in [6.07, 6.45) is 3.07. The Morgan fingerprint density at radius 2 is 2.33 bits per heavy atom. The first-order valence-corrected chi connectivity index (χ1v) is 6.08. The molecule has 21 heavy (non-hydrogen) atoms. The van der Waals surface area contributed by atoms with Crippen molar-refractivity contribution in [3.63, 3.8) is 0 Å². The van der Waals surface area contributed by atoms with Crippen molar-refractivity contribution in [1.82, 2.24) is 4.98 Å². The highest BCUT2D eigenvalue weighted by molar-refractivity contribution is 5.94. The molecule has 3 aromatic heterocycles. The normalized spacial score (nSPS) is 11.5. The van der Waals surface area contributed by atoms with E-state index in [2.05, 4.69) is 15.8 Å². The van der Waals surface area contributed by atoms with E-state index in [0.29, 0.717) is 33.9 Å². The van der Waals surface area contributed by atoms with Crippen LogP contribution in [0.5, 0.6) is 0 Å². The van der Waals surface area contributed by atoms with E-state index in [1.807, 2.05) is 0 Å². The summed E-state index contributed by atoms with van der Waals surface area (Å²) in [4.78, 5) is 14.3. The van der Waals surface area contributed by atoms with Crippen LogP contribution in [0.4, 0.5) is 0 Å². The molecule has 3 heterocycles. The number of fused-ring (bicyclic) bond motifs is 1. The van der Waals surface area contributed by atoms with Gasteiger partial charge in [-0.1, -0.05) is 0 Å². The predicted octanol–water partition coefficient (Wildman–Crippen LogP) is 3.20. The number of aromatic nitrogens is 1. The summed E-state index contributed by atoms with van der Waals surface area (Å²) in [6, 6.07) is 8.70. The van der Waals surface area contributed by atoms with Crippen molar-refractivity contribution in [2.75, 3.05) is 7.11 Å². The first-order valence-electron chi connectivity index (χ1n) is 6.08. The van der Waals surface area contributed by atoms with Crippen molar-refractivity contribution in [2.45, 2.75) is 0 Å². The molecule has 0 amide bonds. The summed E-state index contributed by atoms with van der Waals surface area (Å²) in [5.41, 5.74) is 1.83. The third-order valence-corrected chi connectivity index (χ3v) is 2.92. The number of nitriles is 1. The number of nitrogens with one attached hydrogen (secondary N) is 1. The number of carbonyl (C=O) groups is 1. The Kier molecular flexibility index (Phi) is 3.09. The Morgan fingerprint density at radius 1 is 1.48 bits per heavy atom. The van der Waals surface area contributed by atoms with E-state index in [4.69, 9.17) is 14.1 Å². The standard InChI is InChI=1S/C15H10N2O4/c1-19-15(18)12-7-14-11(17-12)6-10(21-14)5-9(8-16)13-3-2-4-20-13/h2-7,17H,1H3/b9-5+. The number of H-pyrrole nitrogens is 1. The van der Waals surface area contributed by atoms with Gasteiger partial charge < -0.3 is 18.6 Å². The largest absolute Gasteiger partial charge is 0.464 e. The number of rotatable bonds is 3. The van der Waals surface area contributed by atoms with Gasteiger partial charge in [-0.25, -0.2) is 4.79 Å². The van der Waals surface area contributed by atoms with Gasteiger partial charge in [0.25, 0.3) is 0 Å². The van der Waals surface area contributed by atoms with Gasteiger partial charge in [0, 0.05) is 18.2 Å². The molecule has 0 aliphatic rings. The Balaban J connectivity index is 1.97. The molecule has 0 atom stereocenters. The molecule has 0 fully saturated rings. The highest BCUT2D eigenvalue weighted by Crippen LogP contribution is 2.24. The Bertz CT molecular complexity index is 828. The first kappa shape index (κ1) is 12.8. The first-order chi connectivity index (χ1) is 10.2. The average molecular weight is 282 g/mol. The van der Waals surface area contributed by atoms with Crippen LogP contribution in [-0.2, 0) is 4.74 Å². The molecular formula is C15H10N2O4. The Hall–Kier alpha value is -3.20. The molecule has 0 bridgehead atoms. The third-order valence-electron chi connectivity index (χ3n) is 2.92. The molecule has 0 saturated heterocycles. The van der Waals surface area contributed by atoms with E-state index in [1.54, 1.807) is 30.3 Å². The molecule has 0 aromatic carbocycles. The van der Waals surface area contributed by atoms with Crippen molar-refractivity contribution in [2.24, 2.45) is 0 Å². The molecule has 6 nitrogen and oxygen atoms in total. The van der Waals surface area contributed by atoms with Crippen LogP contribution in [0.15, 0.2) is 39.4 Å². The number of carbonyl (C=O) groups excluding carboxylic acids is 1. The molecule has 0 spiro atoms. The van der Waals surface area contributed by atoms with Gasteiger partial charge in [-0.3, -0.25) is 0 Å². The van der Waals surface area contributed by atoms with Gasteiger partial charge in [-0.15, -0.1) is 0 Å². The average Bonchev–Trinajstić information content (AvgIpc) is 3.18. The quantitative estimate of drug-likeness (QED) is 0.588. The second-order valence-corrected chi connectivity index (χ2v) is 4.25. The summed E-state index contributed by atoms with van der Waals surface area (Å²) in [6.45, 7) is 0. The fourth-order valence-corrected chi connectivity index (χ4v) is 1.97. The van der Waals surface area contributed by atoms with Gasteiger partial charge in [0.15, 0.2) is 5.58 Å². The number of methoxy groups -OCH3 is 1. The summed E-state index contributed by atoms with van der Waals surface area (Å²) in [7, 11) is 1.31. The molecule has 0 aliphatic carbocycles. The zero-order valence-corrected chi connectivity index (χ0v) is 11.0. The van der Waals surface area contributed by atoms with Crippen LogP contribution in [0, 0.1) is 11.3 Å². The van der Waals surface area contributed by atoms with E-state index in [9.17, 15) is 4.79 Å². The van der Waals surface area contributed by atoms with Crippen LogP contribution in [-0.4, -0.2) is 18.1 Å². The number of nitrogens with zero attached hydrogens (tertiary/aromatic N) is 1. The zero-order chi connectivity index (χ0) is 14.8.